The fourth-order valence-corrected chi connectivity index (χ4v) is 9.78. The van der Waals surface area contributed by atoms with Crippen molar-refractivity contribution in [3.05, 3.63) is 47.0 Å². The molecule has 3 aliphatic rings. The van der Waals surface area contributed by atoms with Crippen molar-refractivity contribution < 1.29 is 38.8 Å². The van der Waals surface area contributed by atoms with Crippen molar-refractivity contribution in [1.29, 1.82) is 0 Å². The van der Waals surface area contributed by atoms with Gasteiger partial charge < -0.3 is 34.5 Å². The number of aromatic nitrogens is 4. The molecule has 0 amide bonds. The van der Waals surface area contributed by atoms with Gasteiger partial charge in [0.2, 0.25) is 12.7 Å². The Bertz CT molecular complexity index is 1530. The van der Waals surface area contributed by atoms with Crippen molar-refractivity contribution >= 4 is 43.5 Å². The highest BCUT2D eigenvalue weighted by Crippen LogP contribution is 2.55. The number of aliphatic hydroxyl groups is 2. The molecule has 4 heterocycles. The topological polar surface area (TPSA) is 191 Å². The minimum atomic E-state index is -4.70. The molecule has 2 saturated heterocycles. The van der Waals surface area contributed by atoms with E-state index >= 15 is 0 Å². The molecule has 16 heteroatoms. The standard InChI is InChI=1S/C23H28ClN5O8P2/c24-22-26-19(28-9-23(10-28)7-5-13-3-1-2-4-14(13)23)16-20(27-22)29(11-25-16)21-18(31)17(30)15(37-21)6-8-38(32,33)12-39(34,35)36/h1-4,11,15,17-18,21,30-31H,5-10,12H2,(H,32,33)(H2,34,35,36)/t15-,17?,18?,21-/m1/s1. The van der Waals surface area contributed by atoms with Crippen LogP contribution in [0.25, 0.3) is 11.2 Å². The van der Waals surface area contributed by atoms with Crippen LogP contribution in [0.15, 0.2) is 30.6 Å². The fourth-order valence-electron chi connectivity index (χ4n) is 6.09. The Labute approximate surface area is 228 Å². The van der Waals surface area contributed by atoms with E-state index < -0.39 is 51.6 Å². The van der Waals surface area contributed by atoms with Gasteiger partial charge in [-0.15, -0.1) is 0 Å². The Hall–Kier alpha value is -1.92. The van der Waals surface area contributed by atoms with Gasteiger partial charge in [0.05, 0.1) is 12.4 Å². The second-order valence-electron chi connectivity index (χ2n) is 10.6. The van der Waals surface area contributed by atoms with Crippen LogP contribution in [-0.4, -0.2) is 87.9 Å². The van der Waals surface area contributed by atoms with E-state index in [1.807, 2.05) is 0 Å². The molecule has 0 radical (unpaired) electrons. The lowest BCUT2D eigenvalue weighted by Gasteiger charge is -2.49. The number of hydrogen-bond donors (Lipinski definition) is 5. The van der Waals surface area contributed by atoms with Crippen molar-refractivity contribution in [3.8, 4) is 0 Å². The monoisotopic (exact) mass is 599 g/mol. The van der Waals surface area contributed by atoms with Crippen molar-refractivity contribution in [3.63, 3.8) is 0 Å². The molecule has 39 heavy (non-hydrogen) atoms. The zero-order valence-corrected chi connectivity index (χ0v) is 23.2. The molecule has 5 N–H and O–H groups in total. The molecule has 1 spiro atoms. The third kappa shape index (κ3) is 4.94. The first kappa shape index (κ1) is 27.3. The fraction of sp³-hybridized carbons (Fsp3) is 0.522. The van der Waals surface area contributed by atoms with Gasteiger partial charge >= 0.3 is 7.60 Å². The van der Waals surface area contributed by atoms with Gasteiger partial charge in [-0.3, -0.25) is 13.7 Å². The molecular formula is C23H28ClN5O8P2. The average Bonchev–Trinajstić information content (AvgIpc) is 3.50. The second kappa shape index (κ2) is 9.58. The minimum Gasteiger partial charge on any atom is -0.388 e. The van der Waals surface area contributed by atoms with Crippen molar-refractivity contribution in [2.45, 2.75) is 49.2 Å². The summed E-state index contributed by atoms with van der Waals surface area (Å²) in [5.74, 6) is -0.607. The Morgan fingerprint density at radius 2 is 1.85 bits per heavy atom. The van der Waals surface area contributed by atoms with Crippen LogP contribution in [0, 0.1) is 0 Å². The predicted octanol–water partition coefficient (Wildman–Crippen LogP) is 1.60. The van der Waals surface area contributed by atoms with Gasteiger partial charge in [-0.2, -0.15) is 9.97 Å². The molecule has 2 fully saturated rings. The summed E-state index contributed by atoms with van der Waals surface area (Å²) in [6, 6.07) is 8.46. The molecule has 0 bridgehead atoms. The normalized spacial score (nSPS) is 27.6. The molecule has 1 aliphatic carbocycles. The lowest BCUT2D eigenvalue weighted by atomic mass is 9.75. The van der Waals surface area contributed by atoms with Gasteiger partial charge in [-0.25, -0.2) is 4.98 Å². The van der Waals surface area contributed by atoms with Crippen LogP contribution >= 0.6 is 26.6 Å². The number of ether oxygens (including phenoxy) is 1. The molecule has 5 atom stereocenters. The lowest BCUT2D eigenvalue weighted by Crippen LogP contribution is -2.58. The first-order valence-corrected chi connectivity index (χ1v) is 16.7. The largest absolute Gasteiger partial charge is 0.388 e. The number of fused-ring (bicyclic) bond motifs is 3. The van der Waals surface area contributed by atoms with E-state index in [9.17, 15) is 24.2 Å². The molecule has 2 aromatic heterocycles. The Morgan fingerprint density at radius 1 is 1.10 bits per heavy atom. The van der Waals surface area contributed by atoms with Gasteiger partial charge in [-0.05, 0) is 42.0 Å². The maximum absolute atomic E-state index is 12.2. The van der Waals surface area contributed by atoms with Crippen molar-refractivity contribution in [2.24, 2.45) is 0 Å². The maximum atomic E-state index is 12.2. The van der Waals surface area contributed by atoms with E-state index in [0.717, 1.165) is 25.9 Å². The number of halogens is 1. The first-order chi connectivity index (χ1) is 18.4. The number of anilines is 1. The summed E-state index contributed by atoms with van der Waals surface area (Å²) < 4.78 is 30.6. The SMILES string of the molecule is O=P(O)(O)CP(=O)(O)CC[C@H]1O[C@@H](n2cnc3c(N4CC5(CCc6ccccc65)C4)nc(Cl)nc32)C(O)C1O. The van der Waals surface area contributed by atoms with Crippen molar-refractivity contribution in [1.82, 2.24) is 19.5 Å². The van der Waals surface area contributed by atoms with Crippen LogP contribution in [-0.2, 0) is 25.7 Å². The number of benzene rings is 1. The molecule has 3 unspecified atom stereocenters. The number of aryl methyl sites for hydroxylation is 1. The van der Waals surface area contributed by atoms with Crippen LogP contribution in [0.3, 0.4) is 0 Å². The molecule has 13 nitrogen and oxygen atoms in total. The van der Waals surface area contributed by atoms with Crippen LogP contribution in [0.2, 0.25) is 5.28 Å². The Morgan fingerprint density at radius 3 is 2.59 bits per heavy atom. The van der Waals surface area contributed by atoms with E-state index in [-0.39, 0.29) is 17.1 Å². The summed E-state index contributed by atoms with van der Waals surface area (Å²) in [6.45, 7) is 1.50. The van der Waals surface area contributed by atoms with E-state index in [2.05, 4.69) is 44.1 Å². The molecular weight excluding hydrogens is 572 g/mol. The molecule has 2 aliphatic heterocycles. The van der Waals surface area contributed by atoms with Gasteiger partial charge in [0.1, 0.15) is 18.1 Å². The summed E-state index contributed by atoms with van der Waals surface area (Å²) in [7, 11) is -8.89. The highest BCUT2D eigenvalue weighted by molar-refractivity contribution is 7.72. The molecule has 1 aromatic carbocycles. The van der Waals surface area contributed by atoms with Crippen LogP contribution in [0.5, 0.6) is 0 Å². The summed E-state index contributed by atoms with van der Waals surface area (Å²) in [5, 5.41) is 21.3. The van der Waals surface area contributed by atoms with Gasteiger partial charge in [-0.1, -0.05) is 24.3 Å². The van der Waals surface area contributed by atoms with Gasteiger partial charge in [0.15, 0.2) is 23.2 Å². The average molecular weight is 600 g/mol. The molecule has 210 valence electrons. The van der Waals surface area contributed by atoms with Crippen molar-refractivity contribution in [2.75, 3.05) is 30.1 Å². The quantitative estimate of drug-likeness (QED) is 0.195. The van der Waals surface area contributed by atoms with E-state index in [1.165, 1.54) is 22.0 Å². The summed E-state index contributed by atoms with van der Waals surface area (Å²) in [6.07, 6.45) is -2.24. The second-order valence-corrected chi connectivity index (χ2v) is 15.6. The van der Waals surface area contributed by atoms with E-state index in [0.29, 0.717) is 17.0 Å². The Balaban J connectivity index is 1.22. The van der Waals surface area contributed by atoms with E-state index in [4.69, 9.17) is 26.1 Å². The number of hydrogen-bond acceptors (Lipinski definition) is 9. The molecule has 6 rings (SSSR count). The van der Waals surface area contributed by atoms with Crippen LogP contribution in [0.1, 0.15) is 30.2 Å². The highest BCUT2D eigenvalue weighted by Gasteiger charge is 2.50. The van der Waals surface area contributed by atoms with Crippen LogP contribution in [0.4, 0.5) is 5.82 Å². The van der Waals surface area contributed by atoms with Gasteiger partial charge in [0, 0.05) is 24.7 Å². The summed E-state index contributed by atoms with van der Waals surface area (Å²) >= 11 is 6.30. The minimum absolute atomic E-state index is 0.0183. The molecule has 3 aromatic rings. The first-order valence-electron chi connectivity index (χ1n) is 12.5. The van der Waals surface area contributed by atoms with Crippen LogP contribution < -0.4 is 4.90 Å². The van der Waals surface area contributed by atoms with Gasteiger partial charge in [0.25, 0.3) is 0 Å². The zero-order valence-electron chi connectivity index (χ0n) is 20.6. The van der Waals surface area contributed by atoms with E-state index in [1.54, 1.807) is 0 Å². The smallest absolute Gasteiger partial charge is 0.335 e. The predicted molar refractivity (Wildman–Crippen MR) is 141 cm³/mol. The zero-order chi connectivity index (χ0) is 27.7. The number of nitrogens with zero attached hydrogens (tertiary/aromatic N) is 5. The maximum Gasteiger partial charge on any atom is 0.335 e. The third-order valence-corrected chi connectivity index (χ3v) is 12.3. The lowest BCUT2D eigenvalue weighted by molar-refractivity contribution is -0.0354. The highest BCUT2D eigenvalue weighted by atomic mass is 35.5. The Kier molecular flexibility index (Phi) is 6.70. The number of imidazole rings is 1. The summed E-state index contributed by atoms with van der Waals surface area (Å²) in [4.78, 5) is 43.3. The number of aliphatic hydroxyl groups excluding tert-OH is 2. The number of rotatable bonds is 7. The summed E-state index contributed by atoms with van der Waals surface area (Å²) in [5.41, 5.74) is 3.53. The molecule has 0 saturated carbocycles. The third-order valence-electron chi connectivity index (χ3n) is 7.90.